The first kappa shape index (κ1) is 11.1. The molecule has 1 N–H and O–H groups in total. The molecule has 0 bridgehead atoms. The van der Waals surface area contributed by atoms with Crippen LogP contribution in [0.3, 0.4) is 0 Å². The third-order valence-electron chi connectivity index (χ3n) is 2.24. The molecule has 1 aliphatic rings. The monoisotopic (exact) mass is 286 g/mol. The number of rotatable bonds is 2. The quantitative estimate of drug-likeness (QED) is 0.841. The molecular formula is C10H8BrFN2O2. The molecule has 0 aromatic heterocycles. The topological polar surface area (TPSA) is 49.4 Å². The van der Waals surface area contributed by atoms with Gasteiger partial charge >= 0.3 is 6.03 Å². The van der Waals surface area contributed by atoms with Crippen molar-refractivity contribution in [3.63, 3.8) is 0 Å². The average molecular weight is 287 g/mol. The number of urea groups is 1. The van der Waals surface area contributed by atoms with E-state index >= 15 is 0 Å². The van der Waals surface area contributed by atoms with Crippen molar-refractivity contribution in [2.75, 3.05) is 6.54 Å². The highest BCUT2D eigenvalue weighted by Crippen LogP contribution is 2.17. The second-order valence-electron chi connectivity index (χ2n) is 3.45. The second-order valence-corrected chi connectivity index (χ2v) is 4.36. The van der Waals surface area contributed by atoms with Crippen molar-refractivity contribution in [2.45, 2.75) is 6.54 Å². The van der Waals surface area contributed by atoms with Crippen LogP contribution in [-0.2, 0) is 11.3 Å². The normalized spacial score (nSPS) is 15.5. The van der Waals surface area contributed by atoms with E-state index in [4.69, 9.17) is 0 Å². The zero-order valence-electron chi connectivity index (χ0n) is 8.17. The minimum atomic E-state index is -0.479. The summed E-state index contributed by atoms with van der Waals surface area (Å²) in [6, 6.07) is 4.11. The van der Waals surface area contributed by atoms with Gasteiger partial charge in [0.25, 0.3) is 0 Å². The summed E-state index contributed by atoms with van der Waals surface area (Å²) >= 11 is 3.14. The van der Waals surface area contributed by atoms with Gasteiger partial charge in [-0.15, -0.1) is 0 Å². The summed E-state index contributed by atoms with van der Waals surface area (Å²) < 4.78 is 14.1. The van der Waals surface area contributed by atoms with Crippen LogP contribution >= 0.6 is 15.9 Å². The molecule has 84 valence electrons. The van der Waals surface area contributed by atoms with Crippen LogP contribution in [0.25, 0.3) is 0 Å². The number of hydrogen-bond acceptors (Lipinski definition) is 2. The summed E-state index contributed by atoms with van der Waals surface area (Å²) in [6.07, 6.45) is 0. The highest BCUT2D eigenvalue weighted by atomic mass is 79.9. The Balaban J connectivity index is 2.15. The predicted octanol–water partition coefficient (Wildman–Crippen LogP) is 1.64. The first-order valence-electron chi connectivity index (χ1n) is 4.59. The lowest BCUT2D eigenvalue weighted by Crippen LogP contribution is -2.28. The Morgan fingerprint density at radius 1 is 1.44 bits per heavy atom. The molecule has 1 aromatic carbocycles. The van der Waals surface area contributed by atoms with E-state index in [1.54, 1.807) is 12.1 Å². The smallest absolute Gasteiger partial charge is 0.311 e. The molecule has 0 spiro atoms. The van der Waals surface area contributed by atoms with Crippen LogP contribution in [0.4, 0.5) is 9.18 Å². The van der Waals surface area contributed by atoms with Crippen molar-refractivity contribution >= 4 is 27.9 Å². The van der Waals surface area contributed by atoms with Gasteiger partial charge in [-0.2, -0.15) is 0 Å². The Labute approximate surface area is 99.6 Å². The molecule has 1 fully saturated rings. The average Bonchev–Trinajstić information content (AvgIpc) is 2.50. The number of carbonyl (C=O) groups is 2. The number of carbonyl (C=O) groups excluding carboxylic acids is 2. The van der Waals surface area contributed by atoms with Crippen molar-refractivity contribution in [1.29, 1.82) is 0 Å². The zero-order chi connectivity index (χ0) is 11.7. The maximum absolute atomic E-state index is 13.5. The van der Waals surface area contributed by atoms with Crippen LogP contribution in [0.1, 0.15) is 5.56 Å². The molecule has 6 heteroatoms. The summed E-state index contributed by atoms with van der Waals surface area (Å²) in [5, 5.41) is 2.13. The molecule has 0 saturated carbocycles. The number of hydrogen-bond donors (Lipinski definition) is 1. The summed E-state index contributed by atoms with van der Waals surface area (Å²) in [5.74, 6) is -0.760. The maximum Gasteiger partial charge on any atom is 0.324 e. The molecule has 0 radical (unpaired) electrons. The van der Waals surface area contributed by atoms with Gasteiger partial charge in [0.15, 0.2) is 0 Å². The van der Waals surface area contributed by atoms with Crippen LogP contribution in [0, 0.1) is 5.82 Å². The molecule has 1 aromatic rings. The van der Waals surface area contributed by atoms with Crippen LogP contribution < -0.4 is 5.32 Å². The van der Waals surface area contributed by atoms with Gasteiger partial charge in [0, 0.05) is 10.0 Å². The van der Waals surface area contributed by atoms with Crippen molar-refractivity contribution in [2.24, 2.45) is 0 Å². The molecule has 1 saturated heterocycles. The number of nitrogens with one attached hydrogen (secondary N) is 1. The molecule has 1 heterocycles. The van der Waals surface area contributed by atoms with Crippen LogP contribution in [0.5, 0.6) is 0 Å². The lowest BCUT2D eigenvalue weighted by atomic mass is 10.2. The minimum Gasteiger partial charge on any atom is -0.311 e. The number of nitrogens with zero attached hydrogens (tertiary/aromatic N) is 1. The molecule has 1 aliphatic heterocycles. The lowest BCUT2D eigenvalue weighted by Gasteiger charge is -2.13. The van der Waals surface area contributed by atoms with Gasteiger partial charge in [0.2, 0.25) is 5.91 Å². The summed E-state index contributed by atoms with van der Waals surface area (Å²) in [5.41, 5.74) is 0.382. The molecule has 0 unspecified atom stereocenters. The van der Waals surface area contributed by atoms with E-state index in [1.807, 2.05) is 0 Å². The van der Waals surface area contributed by atoms with E-state index in [9.17, 15) is 14.0 Å². The van der Waals surface area contributed by atoms with E-state index in [0.29, 0.717) is 10.0 Å². The van der Waals surface area contributed by atoms with Gasteiger partial charge < -0.3 is 4.90 Å². The summed E-state index contributed by atoms with van der Waals surface area (Å²) in [7, 11) is 0. The van der Waals surface area contributed by atoms with E-state index in [-0.39, 0.29) is 19.0 Å². The lowest BCUT2D eigenvalue weighted by molar-refractivity contribution is -0.118. The van der Waals surface area contributed by atoms with E-state index in [1.165, 1.54) is 11.0 Å². The fraction of sp³-hybridized carbons (Fsp3) is 0.200. The van der Waals surface area contributed by atoms with Crippen molar-refractivity contribution < 1.29 is 14.0 Å². The Kier molecular flexibility index (Phi) is 2.91. The van der Waals surface area contributed by atoms with E-state index in [0.717, 1.165) is 0 Å². The third kappa shape index (κ3) is 2.21. The SMILES string of the molecule is O=C1CN(Cc2ccc(Br)cc2F)C(=O)N1. The molecule has 2 rings (SSSR count). The van der Waals surface area contributed by atoms with Crippen molar-refractivity contribution in [3.05, 3.63) is 34.1 Å². The van der Waals surface area contributed by atoms with Gasteiger partial charge in [-0.25, -0.2) is 9.18 Å². The fourth-order valence-electron chi connectivity index (χ4n) is 1.47. The molecule has 16 heavy (non-hydrogen) atoms. The van der Waals surface area contributed by atoms with Gasteiger partial charge in [-0.3, -0.25) is 10.1 Å². The predicted molar refractivity (Wildman–Crippen MR) is 58.0 cm³/mol. The Morgan fingerprint density at radius 2 is 2.19 bits per heavy atom. The molecule has 0 atom stereocenters. The first-order valence-corrected chi connectivity index (χ1v) is 5.38. The summed E-state index contributed by atoms with van der Waals surface area (Å²) in [6.45, 7) is 0.0744. The first-order chi connectivity index (χ1) is 7.56. The minimum absolute atomic E-state index is 0.0195. The Hall–Kier alpha value is -1.43. The van der Waals surface area contributed by atoms with Crippen molar-refractivity contribution in [1.82, 2.24) is 10.2 Å². The highest BCUT2D eigenvalue weighted by Gasteiger charge is 2.27. The highest BCUT2D eigenvalue weighted by molar-refractivity contribution is 9.10. The molecular weight excluding hydrogens is 279 g/mol. The van der Waals surface area contributed by atoms with E-state index in [2.05, 4.69) is 21.2 Å². The van der Waals surface area contributed by atoms with Crippen LogP contribution in [0.15, 0.2) is 22.7 Å². The largest absolute Gasteiger partial charge is 0.324 e. The van der Waals surface area contributed by atoms with E-state index < -0.39 is 11.8 Å². The maximum atomic E-state index is 13.5. The van der Waals surface area contributed by atoms with Crippen molar-refractivity contribution in [3.8, 4) is 0 Å². The Bertz CT molecular complexity index is 464. The number of halogens is 2. The molecule has 0 aliphatic carbocycles. The number of benzene rings is 1. The number of amides is 3. The second kappa shape index (κ2) is 4.21. The molecule has 3 amide bonds. The third-order valence-corrected chi connectivity index (χ3v) is 2.74. The molecule has 4 nitrogen and oxygen atoms in total. The summed E-state index contributed by atoms with van der Waals surface area (Å²) in [4.78, 5) is 23.4. The zero-order valence-corrected chi connectivity index (χ0v) is 9.75. The van der Waals surface area contributed by atoms with Crippen LogP contribution in [-0.4, -0.2) is 23.4 Å². The van der Waals surface area contributed by atoms with Gasteiger partial charge in [-0.05, 0) is 12.1 Å². The van der Waals surface area contributed by atoms with Gasteiger partial charge in [-0.1, -0.05) is 22.0 Å². The Morgan fingerprint density at radius 3 is 2.75 bits per heavy atom. The van der Waals surface area contributed by atoms with Gasteiger partial charge in [0.1, 0.15) is 12.4 Å². The van der Waals surface area contributed by atoms with Crippen LogP contribution in [0.2, 0.25) is 0 Å². The fourth-order valence-corrected chi connectivity index (χ4v) is 1.80. The standard InChI is InChI=1S/C10H8BrFN2O2/c11-7-2-1-6(8(12)3-7)4-14-5-9(15)13-10(14)16/h1-3H,4-5H2,(H,13,15,16). The number of imide groups is 1. The van der Waals surface area contributed by atoms with Gasteiger partial charge in [0.05, 0.1) is 6.54 Å².